The molecule has 1 atom stereocenters. The van der Waals surface area contributed by atoms with Crippen LogP contribution in [-0.2, 0) is 0 Å². The van der Waals surface area contributed by atoms with E-state index in [1.54, 1.807) is 25.1 Å². The normalized spacial score (nSPS) is 11.7. The minimum atomic E-state index is -0.337. The molecule has 0 spiro atoms. The molecule has 0 saturated heterocycles. The molecule has 1 aromatic carbocycles. The monoisotopic (exact) mass is 241 g/mol. The van der Waals surface area contributed by atoms with Crippen molar-refractivity contribution in [3.8, 4) is 11.8 Å². The lowest BCUT2D eigenvalue weighted by Crippen LogP contribution is -2.11. The predicted octanol–water partition coefficient (Wildman–Crippen LogP) is 2.29. The molecule has 0 radical (unpaired) electrons. The molecule has 0 aromatic heterocycles. The summed E-state index contributed by atoms with van der Waals surface area (Å²) in [6.45, 7) is 1.75. The Morgan fingerprint density at radius 2 is 2.23 bits per heavy atom. The Bertz CT molecular complexity index is 363. The third-order valence-electron chi connectivity index (χ3n) is 1.39. The van der Waals surface area contributed by atoms with Gasteiger partial charge < -0.3 is 5.73 Å². The van der Waals surface area contributed by atoms with Crippen molar-refractivity contribution in [3.05, 3.63) is 34.1 Å². The minimum Gasteiger partial charge on any atom is -0.318 e. The summed E-state index contributed by atoms with van der Waals surface area (Å²) in [6, 6.07) is 4.75. The molecule has 0 aliphatic heterocycles. The first-order chi connectivity index (χ1) is 6.11. The Hall–Kier alpha value is -0.850. The topological polar surface area (TPSA) is 26.0 Å². The van der Waals surface area contributed by atoms with Gasteiger partial charge >= 0.3 is 0 Å². The third-order valence-corrected chi connectivity index (χ3v) is 2.00. The number of hydrogen-bond acceptors (Lipinski definition) is 1. The maximum atomic E-state index is 13.3. The van der Waals surface area contributed by atoms with Crippen LogP contribution in [0.25, 0.3) is 0 Å². The summed E-state index contributed by atoms with van der Waals surface area (Å²) in [5.74, 6) is 5.03. The quantitative estimate of drug-likeness (QED) is 0.694. The number of rotatable bonds is 0. The van der Waals surface area contributed by atoms with Crippen molar-refractivity contribution in [2.24, 2.45) is 5.73 Å². The Balaban J connectivity index is 3.04. The molecule has 0 aliphatic rings. The van der Waals surface area contributed by atoms with Crippen LogP contribution >= 0.6 is 15.9 Å². The molecule has 0 bridgehead atoms. The SMILES string of the molecule is CC(N)C#Cc1cccc(Br)c1F. The highest BCUT2D eigenvalue weighted by molar-refractivity contribution is 9.10. The van der Waals surface area contributed by atoms with Crippen molar-refractivity contribution < 1.29 is 4.39 Å². The summed E-state index contributed by atoms with van der Waals surface area (Å²) < 4.78 is 13.7. The summed E-state index contributed by atoms with van der Waals surface area (Å²) in [5, 5.41) is 0. The Morgan fingerprint density at radius 1 is 1.54 bits per heavy atom. The second-order valence-corrected chi connectivity index (χ2v) is 3.51. The first-order valence-corrected chi connectivity index (χ1v) is 4.61. The maximum absolute atomic E-state index is 13.3. The zero-order chi connectivity index (χ0) is 9.84. The zero-order valence-electron chi connectivity index (χ0n) is 7.14. The Labute approximate surface area is 85.3 Å². The molecular formula is C10H9BrFN. The second-order valence-electron chi connectivity index (χ2n) is 2.66. The van der Waals surface area contributed by atoms with Gasteiger partial charge in [0.15, 0.2) is 5.82 Å². The van der Waals surface area contributed by atoms with Crippen LogP contribution in [0.4, 0.5) is 4.39 Å². The summed E-state index contributed by atoms with van der Waals surface area (Å²) in [4.78, 5) is 0. The van der Waals surface area contributed by atoms with Crippen LogP contribution in [0.2, 0.25) is 0 Å². The molecule has 1 unspecified atom stereocenters. The average Bonchev–Trinajstić information content (AvgIpc) is 2.07. The van der Waals surface area contributed by atoms with E-state index in [1.165, 1.54) is 0 Å². The van der Waals surface area contributed by atoms with E-state index in [-0.39, 0.29) is 11.9 Å². The number of nitrogens with two attached hydrogens (primary N) is 1. The Kier molecular flexibility index (Phi) is 3.47. The van der Waals surface area contributed by atoms with E-state index in [0.29, 0.717) is 10.0 Å². The van der Waals surface area contributed by atoms with Crippen LogP contribution in [-0.4, -0.2) is 6.04 Å². The fraction of sp³-hybridized carbons (Fsp3) is 0.200. The number of benzene rings is 1. The lowest BCUT2D eigenvalue weighted by atomic mass is 10.2. The van der Waals surface area contributed by atoms with E-state index in [2.05, 4.69) is 27.8 Å². The molecule has 1 rings (SSSR count). The van der Waals surface area contributed by atoms with Crippen molar-refractivity contribution in [2.45, 2.75) is 13.0 Å². The van der Waals surface area contributed by atoms with Crippen LogP contribution in [0.3, 0.4) is 0 Å². The van der Waals surface area contributed by atoms with Gasteiger partial charge in [-0.05, 0) is 35.0 Å². The molecule has 3 heteroatoms. The molecule has 68 valence electrons. The van der Waals surface area contributed by atoms with E-state index >= 15 is 0 Å². The summed E-state index contributed by atoms with van der Waals surface area (Å²) in [6.07, 6.45) is 0. The van der Waals surface area contributed by atoms with Crippen LogP contribution in [0.15, 0.2) is 22.7 Å². The fourth-order valence-electron chi connectivity index (χ4n) is 0.792. The smallest absolute Gasteiger partial charge is 0.152 e. The van der Waals surface area contributed by atoms with E-state index in [0.717, 1.165) is 0 Å². The van der Waals surface area contributed by atoms with E-state index in [9.17, 15) is 4.39 Å². The van der Waals surface area contributed by atoms with Crippen LogP contribution in [0, 0.1) is 17.7 Å². The van der Waals surface area contributed by atoms with Gasteiger partial charge in [0.05, 0.1) is 16.1 Å². The lowest BCUT2D eigenvalue weighted by molar-refractivity contribution is 0.617. The fourth-order valence-corrected chi connectivity index (χ4v) is 1.16. The van der Waals surface area contributed by atoms with Gasteiger partial charge in [0, 0.05) is 0 Å². The van der Waals surface area contributed by atoms with Crippen LogP contribution in [0.1, 0.15) is 12.5 Å². The van der Waals surface area contributed by atoms with Gasteiger partial charge in [0.2, 0.25) is 0 Å². The second kappa shape index (κ2) is 4.40. The number of hydrogen-bond donors (Lipinski definition) is 1. The number of halogens is 2. The van der Waals surface area contributed by atoms with Crippen molar-refractivity contribution in [1.82, 2.24) is 0 Å². The molecule has 0 heterocycles. The summed E-state index contributed by atoms with van der Waals surface area (Å²) in [5.41, 5.74) is 5.79. The summed E-state index contributed by atoms with van der Waals surface area (Å²) >= 11 is 3.08. The third kappa shape index (κ3) is 2.83. The largest absolute Gasteiger partial charge is 0.318 e. The predicted molar refractivity (Wildman–Crippen MR) is 54.6 cm³/mol. The molecule has 13 heavy (non-hydrogen) atoms. The van der Waals surface area contributed by atoms with E-state index in [1.807, 2.05) is 0 Å². The van der Waals surface area contributed by atoms with Gasteiger partial charge in [-0.25, -0.2) is 4.39 Å². The molecule has 0 fully saturated rings. The van der Waals surface area contributed by atoms with Gasteiger partial charge in [0.1, 0.15) is 0 Å². The molecule has 0 aliphatic carbocycles. The van der Waals surface area contributed by atoms with Gasteiger partial charge in [-0.15, -0.1) is 0 Å². The first-order valence-electron chi connectivity index (χ1n) is 3.82. The minimum absolute atomic E-state index is 0.238. The molecule has 1 aromatic rings. The first kappa shape index (κ1) is 10.2. The highest BCUT2D eigenvalue weighted by Gasteiger charge is 2.02. The molecular weight excluding hydrogens is 233 g/mol. The van der Waals surface area contributed by atoms with Crippen molar-refractivity contribution in [3.63, 3.8) is 0 Å². The molecule has 0 saturated carbocycles. The molecule has 0 amide bonds. The lowest BCUT2D eigenvalue weighted by Gasteiger charge is -1.96. The van der Waals surface area contributed by atoms with E-state index in [4.69, 9.17) is 5.73 Å². The highest BCUT2D eigenvalue weighted by Crippen LogP contribution is 2.17. The van der Waals surface area contributed by atoms with Crippen molar-refractivity contribution in [2.75, 3.05) is 0 Å². The van der Waals surface area contributed by atoms with Gasteiger partial charge in [-0.1, -0.05) is 17.9 Å². The highest BCUT2D eigenvalue weighted by atomic mass is 79.9. The molecule has 2 N–H and O–H groups in total. The van der Waals surface area contributed by atoms with Gasteiger partial charge in [0.25, 0.3) is 0 Å². The maximum Gasteiger partial charge on any atom is 0.152 e. The zero-order valence-corrected chi connectivity index (χ0v) is 8.73. The van der Waals surface area contributed by atoms with Crippen LogP contribution in [0.5, 0.6) is 0 Å². The van der Waals surface area contributed by atoms with Gasteiger partial charge in [-0.3, -0.25) is 0 Å². The Morgan fingerprint density at radius 3 is 2.85 bits per heavy atom. The van der Waals surface area contributed by atoms with Crippen molar-refractivity contribution in [1.29, 1.82) is 0 Å². The standard InChI is InChI=1S/C10H9BrFN/c1-7(13)5-6-8-3-2-4-9(11)10(8)12/h2-4,7H,13H2,1H3. The van der Waals surface area contributed by atoms with E-state index < -0.39 is 0 Å². The molecule has 1 nitrogen and oxygen atoms in total. The van der Waals surface area contributed by atoms with Crippen LogP contribution < -0.4 is 5.73 Å². The average molecular weight is 242 g/mol. The summed E-state index contributed by atoms with van der Waals surface area (Å²) in [7, 11) is 0. The van der Waals surface area contributed by atoms with Gasteiger partial charge in [-0.2, -0.15) is 0 Å². The van der Waals surface area contributed by atoms with Crippen molar-refractivity contribution >= 4 is 15.9 Å².